The highest BCUT2D eigenvalue weighted by Gasteiger charge is 2.26. The molecule has 5 heteroatoms. The van der Waals surface area contributed by atoms with Gasteiger partial charge in [0.05, 0.1) is 0 Å². The summed E-state index contributed by atoms with van der Waals surface area (Å²) in [5, 5.41) is 4.16. The van der Waals surface area contributed by atoms with E-state index >= 15 is 0 Å². The lowest BCUT2D eigenvalue weighted by atomic mass is 10.2. The number of likely N-dealkylation sites (tertiary alicyclic amines) is 1. The number of nitrogens with zero attached hydrogens (tertiary/aromatic N) is 1. The zero-order valence-corrected chi connectivity index (χ0v) is 14.4. The fourth-order valence-corrected chi connectivity index (χ4v) is 2.94. The molecule has 2 aromatic carbocycles. The van der Waals surface area contributed by atoms with E-state index in [-0.39, 0.29) is 18.6 Å². The molecule has 4 nitrogen and oxygen atoms in total. The van der Waals surface area contributed by atoms with Crippen LogP contribution in [0.25, 0.3) is 0 Å². The third-order valence-corrected chi connectivity index (χ3v) is 4.60. The standard InChI is InChI=1S/C19H21ClN2O2/c1-14-11-17(7-8-18(14)20)24-13-19(23)22-10-9-16(12-22)21-15-5-3-2-4-6-15/h2-8,11,16,21H,9-10,12-13H2,1H3. The molecule has 0 spiro atoms. The summed E-state index contributed by atoms with van der Waals surface area (Å²) in [5.41, 5.74) is 2.03. The van der Waals surface area contributed by atoms with Gasteiger partial charge >= 0.3 is 0 Å². The summed E-state index contributed by atoms with van der Waals surface area (Å²) in [6.45, 7) is 3.43. The highest BCUT2D eigenvalue weighted by atomic mass is 35.5. The van der Waals surface area contributed by atoms with E-state index in [1.807, 2.05) is 48.2 Å². The van der Waals surface area contributed by atoms with Gasteiger partial charge in [-0.3, -0.25) is 4.79 Å². The third-order valence-electron chi connectivity index (χ3n) is 4.18. The maximum absolute atomic E-state index is 12.3. The molecular formula is C19H21ClN2O2. The molecule has 0 aliphatic carbocycles. The number of carbonyl (C=O) groups excluding carboxylic acids is 1. The minimum Gasteiger partial charge on any atom is -0.484 e. The van der Waals surface area contributed by atoms with E-state index in [1.54, 1.807) is 12.1 Å². The molecule has 0 aromatic heterocycles. The van der Waals surface area contributed by atoms with Gasteiger partial charge in [0.25, 0.3) is 5.91 Å². The Morgan fingerprint density at radius 3 is 2.83 bits per heavy atom. The Balaban J connectivity index is 1.48. The quantitative estimate of drug-likeness (QED) is 0.898. The second-order valence-corrected chi connectivity index (χ2v) is 6.44. The first-order valence-electron chi connectivity index (χ1n) is 8.10. The number of benzene rings is 2. The summed E-state index contributed by atoms with van der Waals surface area (Å²) in [6.07, 6.45) is 0.945. The summed E-state index contributed by atoms with van der Waals surface area (Å²) >= 11 is 5.99. The number of amides is 1. The van der Waals surface area contributed by atoms with Crippen LogP contribution in [0.15, 0.2) is 48.5 Å². The Morgan fingerprint density at radius 1 is 1.29 bits per heavy atom. The molecule has 0 bridgehead atoms. The Labute approximate surface area is 147 Å². The molecule has 0 radical (unpaired) electrons. The third kappa shape index (κ3) is 4.20. The lowest BCUT2D eigenvalue weighted by molar-refractivity contribution is -0.132. The topological polar surface area (TPSA) is 41.6 Å². The fraction of sp³-hybridized carbons (Fsp3) is 0.316. The number of aryl methyl sites for hydroxylation is 1. The molecule has 1 aliphatic heterocycles. The van der Waals surface area contributed by atoms with E-state index in [0.717, 1.165) is 24.2 Å². The van der Waals surface area contributed by atoms with E-state index in [0.29, 0.717) is 17.3 Å². The van der Waals surface area contributed by atoms with Gasteiger partial charge < -0.3 is 15.0 Å². The Bertz CT molecular complexity index is 706. The van der Waals surface area contributed by atoms with E-state index in [1.165, 1.54) is 0 Å². The molecule has 1 amide bonds. The van der Waals surface area contributed by atoms with Crippen molar-refractivity contribution >= 4 is 23.2 Å². The fourth-order valence-electron chi connectivity index (χ4n) is 2.82. The van der Waals surface area contributed by atoms with Crippen LogP contribution in [0.5, 0.6) is 5.75 Å². The maximum Gasteiger partial charge on any atom is 0.260 e. The van der Waals surface area contributed by atoms with Crippen molar-refractivity contribution in [1.82, 2.24) is 4.90 Å². The van der Waals surface area contributed by atoms with Gasteiger partial charge in [-0.15, -0.1) is 0 Å². The first-order chi connectivity index (χ1) is 11.6. The molecule has 126 valence electrons. The van der Waals surface area contributed by atoms with Crippen LogP contribution in [-0.2, 0) is 4.79 Å². The molecule has 0 saturated carbocycles. The Morgan fingerprint density at radius 2 is 2.08 bits per heavy atom. The van der Waals surface area contributed by atoms with Gasteiger partial charge in [0.2, 0.25) is 0 Å². The number of anilines is 1. The van der Waals surface area contributed by atoms with Gasteiger partial charge in [0.1, 0.15) is 5.75 Å². The van der Waals surface area contributed by atoms with Gasteiger partial charge in [-0.05, 0) is 49.2 Å². The van der Waals surface area contributed by atoms with Crippen molar-refractivity contribution in [2.75, 3.05) is 25.0 Å². The van der Waals surface area contributed by atoms with Crippen LogP contribution in [0.3, 0.4) is 0 Å². The molecule has 2 aromatic rings. The predicted octanol–water partition coefficient (Wildman–Crippen LogP) is 3.74. The van der Waals surface area contributed by atoms with Crippen molar-refractivity contribution in [3.8, 4) is 5.75 Å². The summed E-state index contributed by atoms with van der Waals surface area (Å²) in [5.74, 6) is 0.684. The van der Waals surface area contributed by atoms with Crippen molar-refractivity contribution in [3.63, 3.8) is 0 Å². The summed E-state index contributed by atoms with van der Waals surface area (Å²) in [6, 6.07) is 15.8. The van der Waals surface area contributed by atoms with Crippen LogP contribution < -0.4 is 10.1 Å². The highest BCUT2D eigenvalue weighted by Crippen LogP contribution is 2.21. The Hall–Kier alpha value is -2.20. The van der Waals surface area contributed by atoms with Crippen molar-refractivity contribution < 1.29 is 9.53 Å². The number of halogens is 1. The van der Waals surface area contributed by atoms with Crippen molar-refractivity contribution in [2.24, 2.45) is 0 Å². The van der Waals surface area contributed by atoms with Crippen molar-refractivity contribution in [2.45, 2.75) is 19.4 Å². The van der Waals surface area contributed by atoms with Crippen LogP contribution in [0.4, 0.5) is 5.69 Å². The first kappa shape index (κ1) is 16.7. The average molecular weight is 345 g/mol. The highest BCUT2D eigenvalue weighted by molar-refractivity contribution is 6.31. The van der Waals surface area contributed by atoms with Crippen LogP contribution in [0, 0.1) is 6.92 Å². The molecule has 1 fully saturated rings. The van der Waals surface area contributed by atoms with E-state index in [9.17, 15) is 4.79 Å². The van der Waals surface area contributed by atoms with Crippen LogP contribution in [0.2, 0.25) is 5.02 Å². The summed E-state index contributed by atoms with van der Waals surface area (Å²) in [4.78, 5) is 14.2. The van der Waals surface area contributed by atoms with Crippen LogP contribution in [0.1, 0.15) is 12.0 Å². The van der Waals surface area contributed by atoms with E-state index < -0.39 is 0 Å². The molecule has 3 rings (SSSR count). The second-order valence-electron chi connectivity index (χ2n) is 6.04. The van der Waals surface area contributed by atoms with Gasteiger partial charge in [-0.2, -0.15) is 0 Å². The molecule has 1 unspecified atom stereocenters. The first-order valence-corrected chi connectivity index (χ1v) is 8.48. The SMILES string of the molecule is Cc1cc(OCC(=O)N2CCC(Nc3ccccc3)C2)ccc1Cl. The molecule has 1 atom stereocenters. The van der Waals surface area contributed by atoms with Crippen LogP contribution >= 0.6 is 11.6 Å². The predicted molar refractivity (Wildman–Crippen MR) is 96.7 cm³/mol. The molecule has 1 aliphatic rings. The molecule has 1 saturated heterocycles. The molecule has 1 heterocycles. The number of carbonyl (C=O) groups is 1. The van der Waals surface area contributed by atoms with Gasteiger partial charge in [-0.1, -0.05) is 29.8 Å². The molecule has 24 heavy (non-hydrogen) atoms. The molecule has 1 N–H and O–H groups in total. The zero-order valence-electron chi connectivity index (χ0n) is 13.7. The molecular weight excluding hydrogens is 324 g/mol. The summed E-state index contributed by atoms with van der Waals surface area (Å²) in [7, 11) is 0. The number of hydrogen-bond donors (Lipinski definition) is 1. The summed E-state index contributed by atoms with van der Waals surface area (Å²) < 4.78 is 5.60. The lowest BCUT2D eigenvalue weighted by Crippen LogP contribution is -2.35. The van der Waals surface area contributed by atoms with Crippen molar-refractivity contribution in [3.05, 3.63) is 59.1 Å². The van der Waals surface area contributed by atoms with Crippen molar-refractivity contribution in [1.29, 1.82) is 0 Å². The number of para-hydroxylation sites is 1. The second kappa shape index (κ2) is 7.58. The monoisotopic (exact) mass is 344 g/mol. The number of rotatable bonds is 5. The van der Waals surface area contributed by atoms with Crippen LogP contribution in [-0.4, -0.2) is 36.5 Å². The normalized spacial score (nSPS) is 16.9. The number of hydrogen-bond acceptors (Lipinski definition) is 3. The number of ether oxygens (including phenoxy) is 1. The van der Waals surface area contributed by atoms with Gasteiger partial charge in [0.15, 0.2) is 6.61 Å². The van der Waals surface area contributed by atoms with E-state index in [2.05, 4.69) is 5.32 Å². The maximum atomic E-state index is 12.3. The zero-order chi connectivity index (χ0) is 16.9. The van der Waals surface area contributed by atoms with Gasteiger partial charge in [0, 0.05) is 29.8 Å². The lowest BCUT2D eigenvalue weighted by Gasteiger charge is -2.18. The number of nitrogens with one attached hydrogen (secondary N) is 1. The largest absolute Gasteiger partial charge is 0.484 e. The smallest absolute Gasteiger partial charge is 0.260 e. The minimum atomic E-state index is 0.0139. The minimum absolute atomic E-state index is 0.0139. The van der Waals surface area contributed by atoms with Gasteiger partial charge in [-0.25, -0.2) is 0 Å². The average Bonchev–Trinajstić information content (AvgIpc) is 3.05. The Kier molecular flexibility index (Phi) is 5.26. The van der Waals surface area contributed by atoms with E-state index in [4.69, 9.17) is 16.3 Å².